The fourth-order valence-electron chi connectivity index (χ4n) is 0.878. The first-order chi connectivity index (χ1) is 7.00. The van der Waals surface area contributed by atoms with E-state index in [1.807, 2.05) is 0 Å². The zero-order valence-electron chi connectivity index (χ0n) is 7.55. The van der Waals surface area contributed by atoms with Crippen LogP contribution in [0, 0.1) is 23.5 Å². The minimum absolute atomic E-state index is 0.0560. The lowest BCUT2D eigenvalue weighted by Gasteiger charge is -1.98. The third kappa shape index (κ3) is 2.95. The fourth-order valence-corrected chi connectivity index (χ4v) is 0.878. The number of benzene rings is 1. The van der Waals surface area contributed by atoms with Crippen molar-refractivity contribution in [1.29, 1.82) is 0 Å². The monoisotopic (exact) mass is 211 g/mol. The molecule has 78 valence electrons. The summed E-state index contributed by atoms with van der Waals surface area (Å²) in [5, 5.41) is 8.27. The average molecular weight is 211 g/mol. The lowest BCUT2D eigenvalue weighted by Crippen LogP contribution is -1.96. The second kappa shape index (κ2) is 4.42. The summed E-state index contributed by atoms with van der Waals surface area (Å²) in [4.78, 5) is 10.1. The van der Waals surface area contributed by atoms with Gasteiger partial charge in [-0.1, -0.05) is 11.8 Å². The largest absolute Gasteiger partial charge is 0.481 e. The Morgan fingerprint density at radius 1 is 1.40 bits per heavy atom. The van der Waals surface area contributed by atoms with E-state index < -0.39 is 23.3 Å². The standard InChI is InChI=1S/C10H7F2NO2/c11-7-4-6(2-1-3-9(14)15)5-8(12)10(7)13/h4-5H,3,13H2,(H,14,15). The van der Waals surface area contributed by atoms with Gasteiger partial charge in [0.15, 0.2) is 0 Å². The number of halogens is 2. The van der Waals surface area contributed by atoms with E-state index in [1.165, 1.54) is 0 Å². The van der Waals surface area contributed by atoms with Crippen LogP contribution in [0.5, 0.6) is 0 Å². The molecule has 0 heterocycles. The van der Waals surface area contributed by atoms with Gasteiger partial charge in [0.1, 0.15) is 23.7 Å². The van der Waals surface area contributed by atoms with Crippen LogP contribution in [-0.2, 0) is 4.79 Å². The van der Waals surface area contributed by atoms with Gasteiger partial charge < -0.3 is 10.8 Å². The minimum atomic E-state index is -1.10. The molecule has 1 aromatic carbocycles. The van der Waals surface area contributed by atoms with Crippen molar-refractivity contribution in [2.24, 2.45) is 0 Å². The Labute approximate surface area is 84.5 Å². The molecule has 0 aliphatic carbocycles. The zero-order valence-corrected chi connectivity index (χ0v) is 7.55. The molecule has 0 aliphatic heterocycles. The summed E-state index contributed by atoms with van der Waals surface area (Å²) in [6.07, 6.45) is -0.381. The van der Waals surface area contributed by atoms with E-state index in [0.717, 1.165) is 12.1 Å². The number of nitrogen functional groups attached to an aromatic ring is 1. The van der Waals surface area contributed by atoms with Gasteiger partial charge in [-0.15, -0.1) is 0 Å². The number of hydrogen-bond acceptors (Lipinski definition) is 2. The van der Waals surface area contributed by atoms with Crippen molar-refractivity contribution in [3.8, 4) is 11.8 Å². The van der Waals surface area contributed by atoms with E-state index in [2.05, 4.69) is 11.8 Å². The molecular weight excluding hydrogens is 204 g/mol. The number of carboxylic acids is 1. The molecule has 0 bridgehead atoms. The summed E-state index contributed by atoms with van der Waals surface area (Å²) >= 11 is 0. The van der Waals surface area contributed by atoms with Gasteiger partial charge in [-0.3, -0.25) is 4.79 Å². The Morgan fingerprint density at radius 3 is 2.40 bits per heavy atom. The molecule has 0 fully saturated rings. The molecule has 0 aliphatic rings. The molecule has 1 rings (SSSR count). The summed E-state index contributed by atoms with van der Waals surface area (Å²) < 4.78 is 25.8. The Morgan fingerprint density at radius 2 is 1.93 bits per heavy atom. The molecule has 0 atom stereocenters. The van der Waals surface area contributed by atoms with E-state index >= 15 is 0 Å². The van der Waals surface area contributed by atoms with Gasteiger partial charge >= 0.3 is 5.97 Å². The van der Waals surface area contributed by atoms with Crippen LogP contribution in [-0.4, -0.2) is 11.1 Å². The van der Waals surface area contributed by atoms with Gasteiger partial charge in [0, 0.05) is 5.56 Å². The van der Waals surface area contributed by atoms with Crippen molar-refractivity contribution >= 4 is 11.7 Å². The van der Waals surface area contributed by atoms with E-state index in [1.54, 1.807) is 0 Å². The molecule has 1 aromatic rings. The minimum Gasteiger partial charge on any atom is -0.481 e. The van der Waals surface area contributed by atoms with E-state index in [-0.39, 0.29) is 12.0 Å². The van der Waals surface area contributed by atoms with Gasteiger partial charge in [0.05, 0.1) is 0 Å². The number of nitrogens with two attached hydrogens (primary N) is 1. The summed E-state index contributed by atoms with van der Waals surface area (Å²) in [5.74, 6) is 1.66. The van der Waals surface area contributed by atoms with Crippen molar-refractivity contribution in [2.45, 2.75) is 6.42 Å². The fraction of sp³-hybridized carbons (Fsp3) is 0.100. The van der Waals surface area contributed by atoms with Crippen LogP contribution in [0.4, 0.5) is 14.5 Å². The SMILES string of the molecule is Nc1c(F)cc(C#CCC(=O)O)cc1F. The summed E-state index contributed by atoms with van der Waals surface area (Å²) in [6.45, 7) is 0. The van der Waals surface area contributed by atoms with Crippen LogP contribution in [0.1, 0.15) is 12.0 Å². The number of carbonyl (C=O) groups is 1. The van der Waals surface area contributed by atoms with Crippen LogP contribution in [0.2, 0.25) is 0 Å². The highest BCUT2D eigenvalue weighted by molar-refractivity contribution is 5.70. The van der Waals surface area contributed by atoms with Crippen molar-refractivity contribution in [3.63, 3.8) is 0 Å². The van der Waals surface area contributed by atoms with Crippen LogP contribution < -0.4 is 5.73 Å². The quantitative estimate of drug-likeness (QED) is 0.544. The second-order valence-corrected chi connectivity index (χ2v) is 2.73. The van der Waals surface area contributed by atoms with Crippen molar-refractivity contribution in [2.75, 3.05) is 5.73 Å². The van der Waals surface area contributed by atoms with Crippen molar-refractivity contribution in [3.05, 3.63) is 29.3 Å². The van der Waals surface area contributed by atoms with Gasteiger partial charge in [-0.2, -0.15) is 0 Å². The first-order valence-corrected chi connectivity index (χ1v) is 3.96. The van der Waals surface area contributed by atoms with E-state index in [0.29, 0.717) is 0 Å². The molecule has 0 unspecified atom stereocenters. The molecule has 0 saturated carbocycles. The molecule has 15 heavy (non-hydrogen) atoms. The third-order valence-corrected chi connectivity index (χ3v) is 1.55. The second-order valence-electron chi connectivity index (χ2n) is 2.73. The molecule has 0 aromatic heterocycles. The Balaban J connectivity index is 2.95. The predicted molar refractivity (Wildman–Crippen MR) is 49.9 cm³/mol. The average Bonchev–Trinajstić information content (AvgIpc) is 2.13. The third-order valence-electron chi connectivity index (χ3n) is 1.55. The lowest BCUT2D eigenvalue weighted by molar-refractivity contribution is -0.135. The summed E-state index contributed by atoms with van der Waals surface area (Å²) in [7, 11) is 0. The molecule has 0 radical (unpaired) electrons. The highest BCUT2D eigenvalue weighted by Crippen LogP contribution is 2.16. The topological polar surface area (TPSA) is 63.3 Å². The van der Waals surface area contributed by atoms with Crippen LogP contribution in [0.25, 0.3) is 0 Å². The van der Waals surface area contributed by atoms with Crippen molar-refractivity contribution in [1.82, 2.24) is 0 Å². The number of aliphatic carboxylic acids is 1. The maximum absolute atomic E-state index is 12.9. The summed E-state index contributed by atoms with van der Waals surface area (Å²) in [5.41, 5.74) is 4.52. The first kappa shape index (κ1) is 11.0. The Kier molecular flexibility index (Phi) is 3.24. The molecule has 3 nitrogen and oxygen atoms in total. The molecule has 3 N–H and O–H groups in total. The molecule has 0 amide bonds. The molecule has 0 saturated heterocycles. The number of rotatable bonds is 1. The molecular formula is C10H7F2NO2. The van der Waals surface area contributed by atoms with Crippen LogP contribution in [0.15, 0.2) is 12.1 Å². The van der Waals surface area contributed by atoms with Gasteiger partial charge in [-0.05, 0) is 12.1 Å². The Bertz CT molecular complexity index is 437. The van der Waals surface area contributed by atoms with Gasteiger partial charge in [-0.25, -0.2) is 8.78 Å². The van der Waals surface area contributed by atoms with E-state index in [4.69, 9.17) is 10.8 Å². The smallest absolute Gasteiger partial charge is 0.315 e. The van der Waals surface area contributed by atoms with Crippen LogP contribution in [0.3, 0.4) is 0 Å². The lowest BCUT2D eigenvalue weighted by atomic mass is 10.2. The van der Waals surface area contributed by atoms with Gasteiger partial charge in [0.2, 0.25) is 0 Å². The number of anilines is 1. The van der Waals surface area contributed by atoms with Crippen LogP contribution >= 0.6 is 0 Å². The number of carboxylic acid groups (broad SMARTS) is 1. The normalized spacial score (nSPS) is 9.20. The zero-order chi connectivity index (χ0) is 11.4. The van der Waals surface area contributed by atoms with Crippen molar-refractivity contribution < 1.29 is 18.7 Å². The summed E-state index contributed by atoms with van der Waals surface area (Å²) in [6, 6.07) is 1.90. The maximum atomic E-state index is 12.9. The van der Waals surface area contributed by atoms with E-state index in [9.17, 15) is 13.6 Å². The highest BCUT2D eigenvalue weighted by atomic mass is 19.1. The highest BCUT2D eigenvalue weighted by Gasteiger charge is 2.05. The first-order valence-electron chi connectivity index (χ1n) is 3.96. The maximum Gasteiger partial charge on any atom is 0.315 e. The molecule has 0 spiro atoms. The Hall–Kier alpha value is -2.09. The molecule has 5 heteroatoms. The van der Waals surface area contributed by atoms with Gasteiger partial charge in [0.25, 0.3) is 0 Å². The number of hydrogen-bond donors (Lipinski definition) is 2. The predicted octanol–water partition coefficient (Wildman–Crippen LogP) is 1.37.